The maximum atomic E-state index is 13.0. The van der Waals surface area contributed by atoms with Crippen molar-refractivity contribution in [2.75, 3.05) is 6.26 Å². The maximum Gasteiger partial charge on any atom is 0.230 e. The highest BCUT2D eigenvalue weighted by Gasteiger charge is 2.26. The van der Waals surface area contributed by atoms with E-state index in [1.165, 1.54) is 56.3 Å². The largest absolute Gasteiger partial charge is 0.494 e. The van der Waals surface area contributed by atoms with Crippen LogP contribution in [0.3, 0.4) is 0 Å². The summed E-state index contributed by atoms with van der Waals surface area (Å²) in [6, 6.07) is 9.73. The van der Waals surface area contributed by atoms with Crippen molar-refractivity contribution in [3.8, 4) is 5.88 Å². The van der Waals surface area contributed by atoms with Crippen LogP contribution >= 0.6 is 0 Å². The summed E-state index contributed by atoms with van der Waals surface area (Å²) in [5.74, 6) is -1.85. The number of ketones is 2. The number of fused-ring (bicyclic) bond motifs is 1. The Morgan fingerprint density at radius 2 is 1.50 bits per heavy atom. The molecule has 0 amide bonds. The Bertz CT molecular complexity index is 1250. The van der Waals surface area contributed by atoms with Crippen molar-refractivity contribution in [2.45, 2.75) is 18.7 Å². The molecule has 0 aliphatic heterocycles. The van der Waals surface area contributed by atoms with Crippen LogP contribution in [0.25, 0.3) is 10.9 Å². The zero-order valence-electron chi connectivity index (χ0n) is 15.4. The minimum atomic E-state index is -3.42. The molecule has 1 N–H and O–H groups in total. The van der Waals surface area contributed by atoms with Crippen molar-refractivity contribution >= 4 is 38.2 Å². The topological polar surface area (TPSA) is 111 Å². The van der Waals surface area contributed by atoms with Gasteiger partial charge in [0.05, 0.1) is 16.0 Å². The van der Waals surface area contributed by atoms with Crippen LogP contribution in [0.1, 0.15) is 44.9 Å². The normalized spacial score (nSPS) is 11.5. The second kappa shape index (κ2) is 6.72. The zero-order chi connectivity index (χ0) is 20.8. The second-order valence-corrected chi connectivity index (χ2v) is 8.48. The SMILES string of the molecule is CC(=O)c1ccc2c(c1)c(C(=O)c1ccc(S(C)(=O)=O)cc1)c(O)n2C(C)=O. The summed E-state index contributed by atoms with van der Waals surface area (Å²) in [6.07, 6.45) is 1.05. The lowest BCUT2D eigenvalue weighted by atomic mass is 10.0. The van der Waals surface area contributed by atoms with Crippen LogP contribution < -0.4 is 0 Å². The molecule has 144 valence electrons. The van der Waals surface area contributed by atoms with Gasteiger partial charge in [0.2, 0.25) is 11.8 Å². The molecule has 0 saturated carbocycles. The van der Waals surface area contributed by atoms with Crippen LogP contribution in [0.2, 0.25) is 0 Å². The number of rotatable bonds is 4. The highest BCUT2D eigenvalue weighted by Crippen LogP contribution is 2.34. The molecule has 0 atom stereocenters. The lowest BCUT2D eigenvalue weighted by Crippen LogP contribution is -2.06. The third-order valence-corrected chi connectivity index (χ3v) is 5.56. The summed E-state index contributed by atoms with van der Waals surface area (Å²) < 4.78 is 24.2. The molecule has 0 spiro atoms. The Labute approximate surface area is 161 Å². The van der Waals surface area contributed by atoms with Crippen LogP contribution in [0.15, 0.2) is 47.4 Å². The van der Waals surface area contributed by atoms with E-state index in [0.29, 0.717) is 11.1 Å². The fourth-order valence-electron chi connectivity index (χ4n) is 3.04. The Balaban J connectivity index is 2.25. The maximum absolute atomic E-state index is 13.0. The van der Waals surface area contributed by atoms with E-state index in [4.69, 9.17) is 0 Å². The zero-order valence-corrected chi connectivity index (χ0v) is 16.2. The van der Waals surface area contributed by atoms with E-state index in [-0.39, 0.29) is 27.2 Å². The number of hydrogen-bond acceptors (Lipinski definition) is 6. The highest BCUT2D eigenvalue weighted by atomic mass is 32.2. The van der Waals surface area contributed by atoms with E-state index in [1.807, 2.05) is 0 Å². The van der Waals surface area contributed by atoms with Gasteiger partial charge in [0.1, 0.15) is 0 Å². The molecule has 0 unspecified atom stereocenters. The summed E-state index contributed by atoms with van der Waals surface area (Å²) in [5.41, 5.74) is 0.639. The van der Waals surface area contributed by atoms with Gasteiger partial charge in [-0.05, 0) is 49.4 Å². The van der Waals surface area contributed by atoms with Crippen LogP contribution in [0.5, 0.6) is 5.88 Å². The minimum absolute atomic E-state index is 0.0540. The van der Waals surface area contributed by atoms with Crippen molar-refractivity contribution in [3.63, 3.8) is 0 Å². The molecule has 0 bridgehead atoms. The lowest BCUT2D eigenvalue weighted by molar-refractivity contribution is 0.0932. The molecule has 0 fully saturated rings. The number of hydrogen-bond donors (Lipinski definition) is 1. The number of aromatic nitrogens is 1. The summed E-state index contributed by atoms with van der Waals surface area (Å²) in [6.45, 7) is 2.61. The van der Waals surface area contributed by atoms with Crippen LogP contribution in [-0.4, -0.2) is 41.8 Å². The average molecular weight is 399 g/mol. The molecule has 2 aromatic carbocycles. The van der Waals surface area contributed by atoms with Crippen molar-refractivity contribution < 1.29 is 27.9 Å². The fraction of sp³-hybridized carbons (Fsp3) is 0.150. The van der Waals surface area contributed by atoms with Gasteiger partial charge < -0.3 is 5.11 Å². The van der Waals surface area contributed by atoms with Gasteiger partial charge in [-0.3, -0.25) is 19.0 Å². The summed E-state index contributed by atoms with van der Waals surface area (Å²) in [4.78, 5) is 36.8. The van der Waals surface area contributed by atoms with E-state index < -0.39 is 27.4 Å². The van der Waals surface area contributed by atoms with Crippen molar-refractivity contribution in [1.82, 2.24) is 4.57 Å². The van der Waals surface area contributed by atoms with Gasteiger partial charge in [0.25, 0.3) is 0 Å². The van der Waals surface area contributed by atoms with Gasteiger partial charge in [0.15, 0.2) is 21.4 Å². The molecular weight excluding hydrogens is 382 g/mol. The van der Waals surface area contributed by atoms with Gasteiger partial charge in [-0.25, -0.2) is 8.42 Å². The van der Waals surface area contributed by atoms with E-state index in [2.05, 4.69) is 0 Å². The number of benzene rings is 2. The summed E-state index contributed by atoms with van der Waals surface area (Å²) in [7, 11) is -3.42. The molecule has 28 heavy (non-hydrogen) atoms. The van der Waals surface area contributed by atoms with Crippen molar-refractivity contribution in [2.24, 2.45) is 0 Å². The molecular formula is C20H17NO6S. The molecule has 1 heterocycles. The molecule has 0 saturated heterocycles. The van der Waals surface area contributed by atoms with Crippen LogP contribution in [0.4, 0.5) is 0 Å². The third-order valence-electron chi connectivity index (χ3n) is 4.44. The standard InChI is InChI=1S/C20H17NO6S/c1-11(22)14-6-9-17-16(10-14)18(20(25)21(17)12(2)23)19(24)13-4-7-15(8-5-13)28(3,26)27/h4-10,25H,1-3H3. The smallest absolute Gasteiger partial charge is 0.230 e. The Morgan fingerprint density at radius 3 is 2.00 bits per heavy atom. The summed E-state index contributed by atoms with van der Waals surface area (Å²) >= 11 is 0. The first-order valence-electron chi connectivity index (χ1n) is 8.26. The average Bonchev–Trinajstić information content (AvgIpc) is 2.91. The van der Waals surface area contributed by atoms with E-state index >= 15 is 0 Å². The Morgan fingerprint density at radius 1 is 0.929 bits per heavy atom. The van der Waals surface area contributed by atoms with Gasteiger partial charge in [0, 0.05) is 29.7 Å². The molecule has 0 radical (unpaired) electrons. The Hall–Kier alpha value is -3.26. The third kappa shape index (κ3) is 3.22. The van der Waals surface area contributed by atoms with Gasteiger partial charge in [-0.1, -0.05) is 0 Å². The van der Waals surface area contributed by atoms with Crippen molar-refractivity contribution in [3.05, 3.63) is 59.2 Å². The van der Waals surface area contributed by atoms with Gasteiger partial charge >= 0.3 is 0 Å². The number of carbonyl (C=O) groups excluding carboxylic acids is 3. The molecule has 7 nitrogen and oxygen atoms in total. The number of aromatic hydroxyl groups is 1. The lowest BCUT2D eigenvalue weighted by Gasteiger charge is -2.04. The molecule has 8 heteroatoms. The monoisotopic (exact) mass is 399 g/mol. The number of sulfone groups is 1. The van der Waals surface area contributed by atoms with E-state index in [9.17, 15) is 27.9 Å². The Kier molecular flexibility index (Phi) is 4.68. The van der Waals surface area contributed by atoms with E-state index in [1.54, 1.807) is 0 Å². The first kappa shape index (κ1) is 19.5. The quantitative estimate of drug-likeness (QED) is 0.676. The predicted molar refractivity (Wildman–Crippen MR) is 103 cm³/mol. The second-order valence-electron chi connectivity index (χ2n) is 6.47. The molecule has 0 aliphatic rings. The number of carbonyl (C=O) groups is 3. The first-order valence-corrected chi connectivity index (χ1v) is 10.2. The summed E-state index contributed by atoms with van der Waals surface area (Å²) in [5, 5.41) is 10.8. The van der Waals surface area contributed by atoms with Crippen LogP contribution in [-0.2, 0) is 9.84 Å². The fourth-order valence-corrected chi connectivity index (χ4v) is 3.67. The molecule has 3 aromatic rings. The molecule has 1 aromatic heterocycles. The van der Waals surface area contributed by atoms with Gasteiger partial charge in [-0.2, -0.15) is 0 Å². The molecule has 3 rings (SSSR count). The highest BCUT2D eigenvalue weighted by molar-refractivity contribution is 7.90. The van der Waals surface area contributed by atoms with Crippen molar-refractivity contribution in [1.29, 1.82) is 0 Å². The predicted octanol–water partition coefficient (Wildman–Crippen LogP) is 2.84. The first-order chi connectivity index (χ1) is 13.0. The molecule has 0 aliphatic carbocycles. The van der Waals surface area contributed by atoms with Gasteiger partial charge in [-0.15, -0.1) is 0 Å². The van der Waals surface area contributed by atoms with Crippen LogP contribution in [0, 0.1) is 0 Å². The minimum Gasteiger partial charge on any atom is -0.494 e. The number of nitrogens with zero attached hydrogens (tertiary/aromatic N) is 1. The number of Topliss-reactive ketones (excluding diaryl/α,β-unsaturated/α-hetero) is 1. The van der Waals surface area contributed by atoms with E-state index in [0.717, 1.165) is 10.8 Å².